The molecule has 2 aliphatic rings. The first-order valence-corrected chi connectivity index (χ1v) is 6.98. The van der Waals surface area contributed by atoms with E-state index >= 15 is 0 Å². The maximum atomic E-state index is 12.1. The van der Waals surface area contributed by atoms with E-state index in [-0.39, 0.29) is 33.1 Å². The maximum Gasteiger partial charge on any atom is 0.423 e. The van der Waals surface area contributed by atoms with Crippen LogP contribution in [0.1, 0.15) is 5.56 Å². The fourth-order valence-corrected chi connectivity index (χ4v) is 2.35. The van der Waals surface area contributed by atoms with Crippen molar-refractivity contribution in [1.29, 1.82) is 0 Å². The van der Waals surface area contributed by atoms with Gasteiger partial charge in [-0.3, -0.25) is 4.79 Å². The summed E-state index contributed by atoms with van der Waals surface area (Å²) in [5.74, 6) is -0.641. The minimum Gasteiger partial charge on any atom is -0.871 e. The lowest BCUT2D eigenvalue weighted by Gasteiger charge is -2.29. The number of ether oxygens (including phenoxy) is 1. The summed E-state index contributed by atoms with van der Waals surface area (Å²) in [5.41, 5.74) is 1.46. The largest absolute Gasteiger partial charge is 0.871 e. The molecule has 0 bridgehead atoms. The number of rotatable bonds is 2. The number of Topliss-reactive ketones (excluding diaryl/α,β-unsaturated/α-hetero) is 1. The molecular weight excluding hydrogens is 327 g/mol. The van der Waals surface area contributed by atoms with E-state index in [1.165, 1.54) is 36.8 Å². The van der Waals surface area contributed by atoms with Crippen molar-refractivity contribution in [2.75, 3.05) is 0 Å². The molecule has 0 N–H and O–H groups in total. The molecule has 0 amide bonds. The molecule has 0 atom stereocenters. The molecule has 1 aliphatic carbocycles. The second-order valence-corrected chi connectivity index (χ2v) is 5.26. The SMILES string of the molecule is O=C1C(=Cc2cc[o+]c(Cl)c2)C([O-])=C1C=C1C=COC(Cl)=C1. The normalized spacial score (nSPS) is 21.0. The Labute approximate surface area is 135 Å². The monoisotopic (exact) mass is 334 g/mol. The van der Waals surface area contributed by atoms with E-state index in [1.54, 1.807) is 12.1 Å². The van der Waals surface area contributed by atoms with Crippen molar-refractivity contribution in [1.82, 2.24) is 0 Å². The summed E-state index contributed by atoms with van der Waals surface area (Å²) >= 11 is 11.4. The molecule has 0 saturated heterocycles. The van der Waals surface area contributed by atoms with Gasteiger partial charge >= 0.3 is 11.5 Å². The molecule has 1 aliphatic heterocycles. The van der Waals surface area contributed by atoms with Gasteiger partial charge < -0.3 is 9.84 Å². The van der Waals surface area contributed by atoms with Crippen LogP contribution in [0.4, 0.5) is 0 Å². The topological polar surface area (TPSA) is 60.7 Å². The van der Waals surface area contributed by atoms with Crippen LogP contribution in [0, 0.1) is 0 Å². The Morgan fingerprint density at radius 3 is 2.77 bits per heavy atom. The van der Waals surface area contributed by atoms with Crippen LogP contribution in [-0.2, 0) is 9.53 Å². The number of ketones is 1. The second-order valence-electron chi connectivity index (χ2n) is 4.51. The molecule has 0 spiro atoms. The molecule has 2 heterocycles. The highest BCUT2D eigenvalue weighted by atomic mass is 35.5. The van der Waals surface area contributed by atoms with E-state index in [0.29, 0.717) is 11.1 Å². The number of hydrogen-bond acceptors (Lipinski definition) is 3. The molecule has 110 valence electrons. The predicted octanol–water partition coefficient (Wildman–Crippen LogP) is 3.35. The van der Waals surface area contributed by atoms with Crippen LogP contribution in [0.2, 0.25) is 5.22 Å². The van der Waals surface area contributed by atoms with Gasteiger partial charge in [-0.2, -0.15) is 0 Å². The average Bonchev–Trinajstić information content (AvgIpc) is 2.50. The molecule has 0 saturated carbocycles. The van der Waals surface area contributed by atoms with E-state index in [2.05, 4.69) is 0 Å². The Bertz CT molecular complexity index is 813. The molecule has 3 rings (SSSR count). The van der Waals surface area contributed by atoms with Gasteiger partial charge in [0, 0.05) is 34.9 Å². The third-order valence-corrected chi connectivity index (χ3v) is 3.44. The van der Waals surface area contributed by atoms with E-state index in [1.807, 2.05) is 0 Å². The quantitative estimate of drug-likeness (QED) is 0.614. The van der Waals surface area contributed by atoms with Crippen molar-refractivity contribution < 1.29 is 19.1 Å². The van der Waals surface area contributed by atoms with Gasteiger partial charge in [-0.1, -0.05) is 5.76 Å². The Morgan fingerprint density at radius 1 is 1.27 bits per heavy atom. The lowest BCUT2D eigenvalue weighted by Crippen LogP contribution is -2.29. The van der Waals surface area contributed by atoms with Crippen molar-refractivity contribution in [2.45, 2.75) is 0 Å². The summed E-state index contributed by atoms with van der Waals surface area (Å²) in [6.45, 7) is 0. The lowest BCUT2D eigenvalue weighted by atomic mass is 9.85. The number of halogens is 2. The fraction of sp³-hybridized carbons (Fsp3) is 0. The number of carbonyl (C=O) groups excluding carboxylic acids is 1. The molecule has 1 aromatic heterocycles. The molecule has 0 aromatic carbocycles. The van der Waals surface area contributed by atoms with Crippen molar-refractivity contribution >= 4 is 35.1 Å². The molecule has 6 heteroatoms. The van der Waals surface area contributed by atoms with Gasteiger partial charge in [0.1, 0.15) is 0 Å². The van der Waals surface area contributed by atoms with Crippen LogP contribution >= 0.6 is 23.2 Å². The van der Waals surface area contributed by atoms with E-state index < -0.39 is 0 Å². The van der Waals surface area contributed by atoms with Crippen LogP contribution < -0.4 is 5.11 Å². The lowest BCUT2D eigenvalue weighted by molar-refractivity contribution is -0.300. The van der Waals surface area contributed by atoms with E-state index in [9.17, 15) is 9.90 Å². The van der Waals surface area contributed by atoms with Crippen LogP contribution in [0.3, 0.4) is 0 Å². The summed E-state index contributed by atoms with van der Waals surface area (Å²) in [7, 11) is 0. The molecule has 0 fully saturated rings. The zero-order valence-corrected chi connectivity index (χ0v) is 12.5. The number of allylic oxidation sites excluding steroid dienone is 6. The summed E-state index contributed by atoms with van der Waals surface area (Å²) in [6.07, 6.45) is 8.87. The van der Waals surface area contributed by atoms with Gasteiger partial charge in [-0.15, -0.1) is 0 Å². The maximum absolute atomic E-state index is 12.1. The van der Waals surface area contributed by atoms with Crippen molar-refractivity contribution in [3.05, 3.63) is 81.4 Å². The van der Waals surface area contributed by atoms with Crippen LogP contribution in [0.25, 0.3) is 6.08 Å². The molecular formula is C16H8Cl2O4. The van der Waals surface area contributed by atoms with Gasteiger partial charge in [0.05, 0.1) is 12.3 Å². The van der Waals surface area contributed by atoms with Crippen LogP contribution in [-0.4, -0.2) is 5.78 Å². The smallest absolute Gasteiger partial charge is 0.423 e. The summed E-state index contributed by atoms with van der Waals surface area (Å²) in [4.78, 5) is 12.1. The standard InChI is InChI=1S/C16H8Cl2O4/c17-13-7-9(1-3-21-13)5-11-15(19)12(16(11)20)6-10-2-4-22-14(18)8-10/h1-8H. The number of hydrogen-bond donors (Lipinski definition) is 0. The first-order valence-electron chi connectivity index (χ1n) is 6.22. The summed E-state index contributed by atoms with van der Waals surface area (Å²) < 4.78 is 9.80. The summed E-state index contributed by atoms with van der Waals surface area (Å²) in [5, 5.41) is 12.4. The van der Waals surface area contributed by atoms with Crippen LogP contribution in [0.5, 0.6) is 0 Å². The molecule has 22 heavy (non-hydrogen) atoms. The Morgan fingerprint density at radius 2 is 2.09 bits per heavy atom. The van der Waals surface area contributed by atoms with E-state index in [4.69, 9.17) is 32.4 Å². The zero-order chi connectivity index (χ0) is 15.7. The molecule has 1 aromatic rings. The summed E-state index contributed by atoms with van der Waals surface area (Å²) in [6, 6.07) is 3.13. The third kappa shape index (κ3) is 2.84. The highest BCUT2D eigenvalue weighted by Crippen LogP contribution is 2.31. The van der Waals surface area contributed by atoms with Crippen molar-refractivity contribution in [3.63, 3.8) is 0 Å². The van der Waals surface area contributed by atoms with Gasteiger partial charge in [0.25, 0.3) is 0 Å². The highest BCUT2D eigenvalue weighted by molar-refractivity contribution is 6.29. The Hall–Kier alpha value is -2.30. The Balaban J connectivity index is 1.91. The van der Waals surface area contributed by atoms with Gasteiger partial charge in [-0.25, -0.2) is 4.42 Å². The average molecular weight is 335 g/mol. The fourth-order valence-electron chi connectivity index (χ4n) is 1.99. The number of carbonyl (C=O) groups is 1. The van der Waals surface area contributed by atoms with E-state index in [0.717, 1.165) is 0 Å². The van der Waals surface area contributed by atoms with Gasteiger partial charge in [-0.05, 0) is 41.0 Å². The minimum atomic E-state index is -0.321. The first kappa shape index (κ1) is 14.6. The highest BCUT2D eigenvalue weighted by Gasteiger charge is 2.25. The second kappa shape index (κ2) is 5.83. The predicted molar refractivity (Wildman–Crippen MR) is 80.4 cm³/mol. The minimum absolute atomic E-state index is 0.111. The molecule has 4 nitrogen and oxygen atoms in total. The van der Waals surface area contributed by atoms with Crippen molar-refractivity contribution in [3.8, 4) is 0 Å². The van der Waals surface area contributed by atoms with Crippen molar-refractivity contribution in [2.24, 2.45) is 0 Å². The molecule has 0 unspecified atom stereocenters. The van der Waals surface area contributed by atoms with Crippen LogP contribution in [0.15, 0.2) is 75.0 Å². The third-order valence-electron chi connectivity index (χ3n) is 3.04. The van der Waals surface area contributed by atoms with Gasteiger partial charge in [0.2, 0.25) is 0 Å². The van der Waals surface area contributed by atoms with Gasteiger partial charge in [0.15, 0.2) is 11.0 Å². The first-order chi connectivity index (χ1) is 10.5. The molecule has 0 radical (unpaired) electrons. The zero-order valence-electron chi connectivity index (χ0n) is 11.0. The Kier molecular flexibility index (Phi) is 3.88.